The van der Waals surface area contributed by atoms with Crippen LogP contribution in [0.5, 0.6) is 5.75 Å². The third-order valence-electron chi connectivity index (χ3n) is 4.71. The molecule has 1 saturated heterocycles. The second kappa shape index (κ2) is 8.08. The first kappa shape index (κ1) is 18.7. The van der Waals surface area contributed by atoms with E-state index in [-0.39, 0.29) is 17.9 Å². The van der Waals surface area contributed by atoms with Gasteiger partial charge in [0, 0.05) is 25.9 Å². The van der Waals surface area contributed by atoms with Gasteiger partial charge >= 0.3 is 0 Å². The number of nitrogens with zero attached hydrogens (tertiary/aromatic N) is 4. The van der Waals surface area contributed by atoms with Crippen molar-refractivity contribution >= 4 is 17.5 Å². The van der Waals surface area contributed by atoms with Gasteiger partial charge in [0.15, 0.2) is 0 Å². The number of hydrogen-bond donors (Lipinski definition) is 0. The van der Waals surface area contributed by atoms with Crippen LogP contribution in [0.4, 0.5) is 0 Å². The molecule has 7 heteroatoms. The Balaban J connectivity index is 1.51. The zero-order chi connectivity index (χ0) is 18.7. The minimum absolute atomic E-state index is 0.0921. The molecule has 2 aromatic rings. The summed E-state index contributed by atoms with van der Waals surface area (Å²) in [6, 6.07) is 7.50. The van der Waals surface area contributed by atoms with Crippen LogP contribution in [-0.2, 0) is 11.3 Å². The number of carbonyl (C=O) groups excluding carboxylic acids is 1. The van der Waals surface area contributed by atoms with E-state index in [1.807, 2.05) is 54.6 Å². The quantitative estimate of drug-likeness (QED) is 0.803. The van der Waals surface area contributed by atoms with Gasteiger partial charge in [0.2, 0.25) is 5.91 Å². The highest BCUT2D eigenvalue weighted by atomic mass is 35.5. The topological polar surface area (TPSA) is 60.2 Å². The molecule has 6 nitrogen and oxygen atoms in total. The van der Waals surface area contributed by atoms with Gasteiger partial charge in [0.05, 0.1) is 17.5 Å². The summed E-state index contributed by atoms with van der Waals surface area (Å²) in [6.07, 6.45) is 1.71. The molecule has 1 aliphatic rings. The van der Waals surface area contributed by atoms with E-state index in [1.54, 1.807) is 0 Å². The lowest BCUT2D eigenvalue weighted by atomic mass is 10.0. The Morgan fingerprint density at radius 3 is 2.62 bits per heavy atom. The van der Waals surface area contributed by atoms with Crippen LogP contribution >= 0.6 is 11.6 Å². The molecule has 26 heavy (non-hydrogen) atoms. The van der Waals surface area contributed by atoms with Crippen LogP contribution in [0.2, 0.25) is 5.02 Å². The van der Waals surface area contributed by atoms with Crippen molar-refractivity contribution in [2.75, 3.05) is 13.1 Å². The van der Waals surface area contributed by atoms with E-state index in [0.717, 1.165) is 24.5 Å². The summed E-state index contributed by atoms with van der Waals surface area (Å²) >= 11 is 6.15. The molecular weight excluding hydrogens is 352 g/mol. The summed E-state index contributed by atoms with van der Waals surface area (Å²) in [5, 5.41) is 4.97. The molecular formula is C19H25ClN4O2. The number of amides is 1. The zero-order valence-electron chi connectivity index (χ0n) is 15.5. The highest BCUT2D eigenvalue weighted by Crippen LogP contribution is 2.27. The van der Waals surface area contributed by atoms with Gasteiger partial charge in [-0.3, -0.25) is 4.79 Å². The minimum atomic E-state index is -0.129. The van der Waals surface area contributed by atoms with Gasteiger partial charge in [-0.2, -0.15) is 5.10 Å². The number of piperidine rings is 1. The predicted molar refractivity (Wildman–Crippen MR) is 100 cm³/mol. The smallest absolute Gasteiger partial charge is 0.227 e. The number of aryl methyl sites for hydroxylation is 2. The Bertz CT molecular complexity index is 769. The number of aromatic nitrogens is 3. The van der Waals surface area contributed by atoms with Crippen LogP contribution in [0.25, 0.3) is 0 Å². The minimum Gasteiger partial charge on any atom is -0.489 e. The maximum absolute atomic E-state index is 12.7. The van der Waals surface area contributed by atoms with Crippen LogP contribution in [0.3, 0.4) is 0 Å². The number of halogens is 1. The van der Waals surface area contributed by atoms with Gasteiger partial charge in [0.25, 0.3) is 0 Å². The Hall–Kier alpha value is -2.08. The lowest BCUT2D eigenvalue weighted by Crippen LogP contribution is -2.44. The van der Waals surface area contributed by atoms with Gasteiger partial charge in [-0.15, -0.1) is 0 Å². The Labute approximate surface area is 159 Å². The lowest BCUT2D eigenvalue weighted by molar-refractivity contribution is -0.137. The number of hydrogen-bond acceptors (Lipinski definition) is 4. The molecule has 0 bridgehead atoms. The standard InChI is InChI=1S/C19H25ClN4O2/c1-13(12-24-15(3)21-14(2)22-24)19(25)23-10-8-16(9-11-23)26-18-7-5-4-6-17(18)20/h4-7,13,16H,8-12H2,1-3H3. The molecule has 0 radical (unpaired) electrons. The van der Waals surface area contributed by atoms with Crippen molar-refractivity contribution in [3.05, 3.63) is 40.9 Å². The first-order valence-corrected chi connectivity index (χ1v) is 9.40. The van der Waals surface area contributed by atoms with E-state index in [2.05, 4.69) is 10.1 Å². The monoisotopic (exact) mass is 376 g/mol. The summed E-state index contributed by atoms with van der Waals surface area (Å²) in [5.74, 6) is 2.32. The third-order valence-corrected chi connectivity index (χ3v) is 5.03. The van der Waals surface area contributed by atoms with Crippen molar-refractivity contribution in [2.24, 2.45) is 5.92 Å². The van der Waals surface area contributed by atoms with E-state index in [0.29, 0.717) is 30.4 Å². The van der Waals surface area contributed by atoms with E-state index in [9.17, 15) is 4.79 Å². The van der Waals surface area contributed by atoms with Gasteiger partial charge in [0.1, 0.15) is 23.5 Å². The molecule has 0 spiro atoms. The Morgan fingerprint density at radius 1 is 1.31 bits per heavy atom. The molecule has 140 valence electrons. The van der Waals surface area contributed by atoms with Crippen LogP contribution in [0.1, 0.15) is 31.4 Å². The van der Waals surface area contributed by atoms with Crippen molar-refractivity contribution in [2.45, 2.75) is 46.3 Å². The fourth-order valence-electron chi connectivity index (χ4n) is 3.30. The van der Waals surface area contributed by atoms with Gasteiger partial charge < -0.3 is 9.64 Å². The number of benzene rings is 1. The van der Waals surface area contributed by atoms with Crippen molar-refractivity contribution < 1.29 is 9.53 Å². The van der Waals surface area contributed by atoms with Gasteiger partial charge in [-0.25, -0.2) is 9.67 Å². The van der Waals surface area contributed by atoms with Gasteiger partial charge in [-0.05, 0) is 26.0 Å². The third kappa shape index (κ3) is 4.36. The summed E-state index contributed by atoms with van der Waals surface area (Å²) in [4.78, 5) is 19.0. The number of carbonyl (C=O) groups is 1. The Kier molecular flexibility index (Phi) is 5.81. The highest BCUT2D eigenvalue weighted by Gasteiger charge is 2.27. The first-order chi connectivity index (χ1) is 12.4. The normalized spacial score (nSPS) is 16.5. The van der Waals surface area contributed by atoms with Crippen LogP contribution in [-0.4, -0.2) is 44.8 Å². The molecule has 0 saturated carbocycles. The Morgan fingerprint density at radius 2 is 2.00 bits per heavy atom. The average Bonchev–Trinajstić information content (AvgIpc) is 2.94. The molecule has 1 atom stereocenters. The summed E-state index contributed by atoms with van der Waals surface area (Å²) < 4.78 is 7.81. The largest absolute Gasteiger partial charge is 0.489 e. The second-order valence-electron chi connectivity index (χ2n) is 6.86. The van der Waals surface area contributed by atoms with E-state index in [4.69, 9.17) is 16.3 Å². The molecule has 1 unspecified atom stereocenters. The van der Waals surface area contributed by atoms with Crippen molar-refractivity contribution in [1.82, 2.24) is 19.7 Å². The average molecular weight is 377 g/mol. The predicted octanol–water partition coefficient (Wildman–Crippen LogP) is 3.25. The molecule has 0 aliphatic carbocycles. The zero-order valence-corrected chi connectivity index (χ0v) is 16.2. The lowest BCUT2D eigenvalue weighted by Gasteiger charge is -2.33. The summed E-state index contributed by atoms with van der Waals surface area (Å²) in [7, 11) is 0. The fraction of sp³-hybridized carbons (Fsp3) is 0.526. The highest BCUT2D eigenvalue weighted by molar-refractivity contribution is 6.32. The van der Waals surface area contributed by atoms with E-state index < -0.39 is 0 Å². The molecule has 1 amide bonds. The summed E-state index contributed by atoms with van der Waals surface area (Å²) in [5.41, 5.74) is 0. The second-order valence-corrected chi connectivity index (χ2v) is 7.27. The maximum Gasteiger partial charge on any atom is 0.227 e. The number of para-hydroxylation sites is 1. The maximum atomic E-state index is 12.7. The molecule has 1 aliphatic heterocycles. The van der Waals surface area contributed by atoms with Gasteiger partial charge in [-0.1, -0.05) is 30.7 Å². The summed E-state index contributed by atoms with van der Waals surface area (Å²) in [6.45, 7) is 7.68. The molecule has 1 aromatic heterocycles. The van der Waals surface area contributed by atoms with Crippen molar-refractivity contribution in [1.29, 1.82) is 0 Å². The van der Waals surface area contributed by atoms with E-state index >= 15 is 0 Å². The fourth-order valence-corrected chi connectivity index (χ4v) is 3.48. The van der Waals surface area contributed by atoms with E-state index in [1.165, 1.54) is 0 Å². The number of rotatable bonds is 5. The molecule has 3 rings (SSSR count). The van der Waals surface area contributed by atoms with Crippen molar-refractivity contribution in [3.8, 4) is 5.75 Å². The first-order valence-electron chi connectivity index (χ1n) is 9.02. The SMILES string of the molecule is Cc1nc(C)n(CC(C)C(=O)N2CCC(Oc3ccccc3Cl)CC2)n1. The number of ether oxygens (including phenoxy) is 1. The molecule has 1 aromatic carbocycles. The molecule has 1 fully saturated rings. The molecule has 0 N–H and O–H groups in total. The van der Waals surface area contributed by atoms with Crippen LogP contribution in [0, 0.1) is 19.8 Å². The van der Waals surface area contributed by atoms with Crippen LogP contribution < -0.4 is 4.74 Å². The van der Waals surface area contributed by atoms with Crippen LogP contribution in [0.15, 0.2) is 24.3 Å². The number of likely N-dealkylation sites (tertiary alicyclic amines) is 1. The molecule has 2 heterocycles. The van der Waals surface area contributed by atoms with Crippen molar-refractivity contribution in [3.63, 3.8) is 0 Å².